The molecule has 0 aliphatic rings. The Kier molecular flexibility index (Phi) is 10.4. The fraction of sp³-hybridized carbons (Fsp3) is 0.857. The van der Waals surface area contributed by atoms with E-state index in [2.05, 4.69) is 6.92 Å². The van der Waals surface area contributed by atoms with E-state index in [-0.39, 0.29) is 18.4 Å². The number of unbranched alkanes of at least 4 members (excludes halogenated alkanes) is 4. The molecule has 0 spiro atoms. The van der Waals surface area contributed by atoms with Gasteiger partial charge in [-0.05, 0) is 20.3 Å². The van der Waals surface area contributed by atoms with Crippen LogP contribution in [0.15, 0.2) is 0 Å². The first-order valence-corrected chi connectivity index (χ1v) is 6.95. The lowest BCUT2D eigenvalue weighted by molar-refractivity contribution is -0.154. The molecule has 18 heavy (non-hydrogen) atoms. The SMILES string of the molecule is CCCCCCCC(=O)O[C@@H](C)CC(=O)OCC. The van der Waals surface area contributed by atoms with Crippen LogP contribution >= 0.6 is 0 Å². The average Bonchev–Trinajstić information content (AvgIpc) is 2.28. The van der Waals surface area contributed by atoms with Crippen LogP contribution in [0.4, 0.5) is 0 Å². The van der Waals surface area contributed by atoms with Crippen LogP contribution in [0.2, 0.25) is 0 Å². The zero-order valence-corrected chi connectivity index (χ0v) is 11.9. The van der Waals surface area contributed by atoms with Gasteiger partial charge < -0.3 is 9.47 Å². The van der Waals surface area contributed by atoms with Crippen molar-refractivity contribution < 1.29 is 19.1 Å². The lowest BCUT2D eigenvalue weighted by Gasteiger charge is -2.12. The smallest absolute Gasteiger partial charge is 0.309 e. The topological polar surface area (TPSA) is 52.6 Å². The summed E-state index contributed by atoms with van der Waals surface area (Å²) in [6.45, 7) is 5.99. The van der Waals surface area contributed by atoms with Crippen molar-refractivity contribution in [2.45, 2.75) is 71.8 Å². The Balaban J connectivity index is 3.58. The van der Waals surface area contributed by atoms with Crippen molar-refractivity contribution in [1.29, 1.82) is 0 Å². The van der Waals surface area contributed by atoms with Crippen LogP contribution in [-0.2, 0) is 19.1 Å². The third kappa shape index (κ3) is 10.1. The molecule has 1 atom stereocenters. The van der Waals surface area contributed by atoms with Gasteiger partial charge in [-0.2, -0.15) is 0 Å². The fourth-order valence-corrected chi connectivity index (χ4v) is 1.65. The van der Waals surface area contributed by atoms with Crippen molar-refractivity contribution in [2.24, 2.45) is 0 Å². The summed E-state index contributed by atoms with van der Waals surface area (Å²) < 4.78 is 9.92. The second kappa shape index (κ2) is 11.1. The molecule has 0 radical (unpaired) electrons. The summed E-state index contributed by atoms with van der Waals surface area (Å²) >= 11 is 0. The first-order chi connectivity index (χ1) is 8.60. The third-order valence-electron chi connectivity index (χ3n) is 2.58. The van der Waals surface area contributed by atoms with Crippen molar-refractivity contribution in [3.63, 3.8) is 0 Å². The first-order valence-electron chi connectivity index (χ1n) is 6.95. The summed E-state index contributed by atoms with van der Waals surface area (Å²) in [5, 5.41) is 0. The highest BCUT2D eigenvalue weighted by Crippen LogP contribution is 2.08. The van der Waals surface area contributed by atoms with E-state index in [1.807, 2.05) is 0 Å². The summed E-state index contributed by atoms with van der Waals surface area (Å²) in [6, 6.07) is 0. The van der Waals surface area contributed by atoms with E-state index in [9.17, 15) is 9.59 Å². The molecule has 0 saturated carbocycles. The quantitative estimate of drug-likeness (QED) is 0.446. The largest absolute Gasteiger partial charge is 0.466 e. The van der Waals surface area contributed by atoms with Gasteiger partial charge in [0.15, 0.2) is 0 Å². The standard InChI is InChI=1S/C14H26O4/c1-4-6-7-8-9-10-13(15)18-12(3)11-14(16)17-5-2/h12H,4-11H2,1-3H3/t12-/m0/s1. The van der Waals surface area contributed by atoms with Crippen LogP contribution in [0.5, 0.6) is 0 Å². The van der Waals surface area contributed by atoms with Crippen LogP contribution < -0.4 is 0 Å². The zero-order valence-electron chi connectivity index (χ0n) is 11.9. The molecule has 0 aromatic carbocycles. The van der Waals surface area contributed by atoms with Crippen LogP contribution in [0.3, 0.4) is 0 Å². The minimum absolute atomic E-state index is 0.134. The van der Waals surface area contributed by atoms with Crippen molar-refractivity contribution in [3.8, 4) is 0 Å². The van der Waals surface area contributed by atoms with Crippen LogP contribution in [-0.4, -0.2) is 24.6 Å². The molecular formula is C14H26O4. The Morgan fingerprint density at radius 1 is 1.00 bits per heavy atom. The third-order valence-corrected chi connectivity index (χ3v) is 2.58. The predicted octanol–water partition coefficient (Wildman–Crippen LogP) is 3.23. The molecule has 0 heterocycles. The normalized spacial score (nSPS) is 11.9. The maximum absolute atomic E-state index is 11.5. The number of rotatable bonds is 10. The summed E-state index contributed by atoms with van der Waals surface area (Å²) in [6.07, 6.45) is 5.69. The highest BCUT2D eigenvalue weighted by Gasteiger charge is 2.14. The molecule has 0 aliphatic carbocycles. The highest BCUT2D eigenvalue weighted by atomic mass is 16.6. The molecule has 0 aromatic heterocycles. The second-order valence-corrected chi connectivity index (χ2v) is 4.47. The van der Waals surface area contributed by atoms with Crippen molar-refractivity contribution in [1.82, 2.24) is 0 Å². The monoisotopic (exact) mass is 258 g/mol. The van der Waals surface area contributed by atoms with E-state index in [0.717, 1.165) is 12.8 Å². The van der Waals surface area contributed by atoms with Crippen LogP contribution in [0.25, 0.3) is 0 Å². The Bertz CT molecular complexity index is 238. The molecule has 4 heteroatoms. The number of carbonyl (C=O) groups excluding carboxylic acids is 2. The van der Waals surface area contributed by atoms with Gasteiger partial charge in [0.05, 0.1) is 13.0 Å². The molecule has 4 nitrogen and oxygen atoms in total. The van der Waals surface area contributed by atoms with E-state index in [0.29, 0.717) is 13.0 Å². The van der Waals surface area contributed by atoms with E-state index in [1.165, 1.54) is 19.3 Å². The number of ether oxygens (including phenoxy) is 2. The van der Waals surface area contributed by atoms with Gasteiger partial charge in [0, 0.05) is 6.42 Å². The summed E-state index contributed by atoms with van der Waals surface area (Å²) in [5.74, 6) is -0.538. The zero-order chi connectivity index (χ0) is 13.8. The number of hydrogen-bond acceptors (Lipinski definition) is 4. The van der Waals surface area contributed by atoms with Crippen molar-refractivity contribution in [3.05, 3.63) is 0 Å². The molecule has 0 unspecified atom stereocenters. The Labute approximate surface area is 110 Å². The van der Waals surface area contributed by atoms with Crippen molar-refractivity contribution in [2.75, 3.05) is 6.61 Å². The van der Waals surface area contributed by atoms with Gasteiger partial charge in [0.25, 0.3) is 0 Å². The average molecular weight is 258 g/mol. The van der Waals surface area contributed by atoms with Gasteiger partial charge in [-0.3, -0.25) is 9.59 Å². The van der Waals surface area contributed by atoms with Gasteiger partial charge >= 0.3 is 11.9 Å². The van der Waals surface area contributed by atoms with E-state index in [1.54, 1.807) is 13.8 Å². The van der Waals surface area contributed by atoms with E-state index >= 15 is 0 Å². The summed E-state index contributed by atoms with van der Waals surface area (Å²) in [5.41, 5.74) is 0. The maximum Gasteiger partial charge on any atom is 0.309 e. The molecule has 106 valence electrons. The second-order valence-electron chi connectivity index (χ2n) is 4.47. The Morgan fingerprint density at radius 3 is 2.28 bits per heavy atom. The molecule has 0 amide bonds. The summed E-state index contributed by atoms with van der Waals surface area (Å²) in [4.78, 5) is 22.6. The molecule has 0 aromatic rings. The number of esters is 2. The molecule has 0 rings (SSSR count). The Hall–Kier alpha value is -1.06. The first kappa shape index (κ1) is 16.9. The van der Waals surface area contributed by atoms with E-state index in [4.69, 9.17) is 9.47 Å². The summed E-state index contributed by atoms with van der Waals surface area (Å²) in [7, 11) is 0. The number of carbonyl (C=O) groups is 2. The van der Waals surface area contributed by atoms with E-state index < -0.39 is 6.10 Å². The molecule has 0 saturated heterocycles. The molecule has 0 bridgehead atoms. The molecule has 0 N–H and O–H groups in total. The lowest BCUT2D eigenvalue weighted by atomic mass is 10.1. The van der Waals surface area contributed by atoms with Gasteiger partial charge in [-0.15, -0.1) is 0 Å². The molecular weight excluding hydrogens is 232 g/mol. The van der Waals surface area contributed by atoms with Gasteiger partial charge in [0.1, 0.15) is 6.10 Å². The minimum atomic E-state index is -0.396. The molecule has 0 fully saturated rings. The fourth-order valence-electron chi connectivity index (χ4n) is 1.65. The lowest BCUT2D eigenvalue weighted by Crippen LogP contribution is -2.19. The van der Waals surface area contributed by atoms with Gasteiger partial charge in [0.2, 0.25) is 0 Å². The van der Waals surface area contributed by atoms with Crippen LogP contribution in [0.1, 0.15) is 65.7 Å². The molecule has 0 aliphatic heterocycles. The van der Waals surface area contributed by atoms with Gasteiger partial charge in [-0.25, -0.2) is 0 Å². The highest BCUT2D eigenvalue weighted by molar-refractivity contribution is 5.72. The maximum atomic E-state index is 11.5. The minimum Gasteiger partial charge on any atom is -0.466 e. The number of hydrogen-bond donors (Lipinski definition) is 0. The Morgan fingerprint density at radius 2 is 1.67 bits per heavy atom. The van der Waals surface area contributed by atoms with Crippen molar-refractivity contribution >= 4 is 11.9 Å². The van der Waals surface area contributed by atoms with Crippen LogP contribution in [0, 0.1) is 0 Å². The predicted molar refractivity (Wildman–Crippen MR) is 70.2 cm³/mol. The van der Waals surface area contributed by atoms with Gasteiger partial charge in [-0.1, -0.05) is 32.6 Å².